The molecule has 0 unspecified atom stereocenters. The quantitative estimate of drug-likeness (QED) is 0.324. The summed E-state index contributed by atoms with van der Waals surface area (Å²) in [5.74, 6) is 1.54. The molecule has 5 nitrogen and oxygen atoms in total. The van der Waals surface area contributed by atoms with Gasteiger partial charge >= 0.3 is 0 Å². The lowest BCUT2D eigenvalue weighted by molar-refractivity contribution is 0.642. The summed E-state index contributed by atoms with van der Waals surface area (Å²) in [5.41, 5.74) is 4.89. The van der Waals surface area contributed by atoms with Crippen LogP contribution >= 0.6 is 11.8 Å². The van der Waals surface area contributed by atoms with Crippen LogP contribution in [0.3, 0.4) is 0 Å². The molecule has 0 radical (unpaired) electrons. The van der Waals surface area contributed by atoms with Crippen LogP contribution in [0.15, 0.2) is 33.6 Å². The molecule has 0 fully saturated rings. The molecule has 0 spiro atoms. The van der Waals surface area contributed by atoms with E-state index < -0.39 is 0 Å². The highest BCUT2D eigenvalue weighted by Gasteiger charge is 2.14. The van der Waals surface area contributed by atoms with Crippen LogP contribution in [-0.4, -0.2) is 38.7 Å². The molecular formula is C17H25N5S. The predicted molar refractivity (Wildman–Crippen MR) is 102 cm³/mol. The van der Waals surface area contributed by atoms with Crippen molar-refractivity contribution in [1.82, 2.24) is 16.0 Å². The van der Waals surface area contributed by atoms with E-state index in [0.29, 0.717) is 0 Å². The van der Waals surface area contributed by atoms with Crippen LogP contribution in [0.1, 0.15) is 23.6 Å². The largest absolute Gasteiger partial charge is 0.357 e. The molecule has 1 heterocycles. The van der Waals surface area contributed by atoms with Gasteiger partial charge in [-0.3, -0.25) is 9.98 Å². The Bertz CT molecular complexity index is 595. The lowest BCUT2D eigenvalue weighted by Crippen LogP contribution is -2.36. The van der Waals surface area contributed by atoms with E-state index in [1.807, 2.05) is 6.92 Å². The molecule has 23 heavy (non-hydrogen) atoms. The molecule has 0 aromatic heterocycles. The van der Waals surface area contributed by atoms with Gasteiger partial charge in [0.05, 0.1) is 11.6 Å². The predicted octanol–water partition coefficient (Wildman–Crippen LogP) is 2.21. The minimum atomic E-state index is 0.731. The van der Waals surface area contributed by atoms with Gasteiger partial charge in [-0.2, -0.15) is 0 Å². The van der Waals surface area contributed by atoms with Crippen molar-refractivity contribution in [3.8, 4) is 0 Å². The Hall–Kier alpha value is -1.79. The fourth-order valence-corrected chi connectivity index (χ4v) is 3.24. The number of nitrogens with zero attached hydrogens (tertiary/aromatic N) is 2. The molecule has 1 aromatic carbocycles. The summed E-state index contributed by atoms with van der Waals surface area (Å²) in [6, 6.07) is 6.41. The standard InChI is InChI=1S/C17H25N5S/c1-4-21-17(19-3)22-12-23-11-16(18-2)15-7-5-6-13-10-20-9-8-14(13)15/h5-7,11,20H,2,4,8-10,12H2,1,3H3,(H2,19,21,22)/b16-11-. The lowest BCUT2D eigenvalue weighted by Gasteiger charge is -2.20. The average molecular weight is 331 g/mol. The molecule has 2 rings (SSSR count). The number of benzene rings is 1. The molecule has 0 saturated carbocycles. The first kappa shape index (κ1) is 17.6. The van der Waals surface area contributed by atoms with Crippen LogP contribution in [0, 0.1) is 0 Å². The van der Waals surface area contributed by atoms with Gasteiger partial charge in [0.2, 0.25) is 0 Å². The lowest BCUT2D eigenvalue weighted by atomic mass is 9.94. The first-order valence-corrected chi connectivity index (χ1v) is 8.89. The molecule has 1 aromatic rings. The van der Waals surface area contributed by atoms with Crippen molar-refractivity contribution in [2.75, 3.05) is 26.0 Å². The molecule has 6 heteroatoms. The highest BCUT2D eigenvalue weighted by molar-refractivity contribution is 8.02. The number of hydrogen-bond donors (Lipinski definition) is 3. The topological polar surface area (TPSA) is 60.8 Å². The molecule has 0 atom stereocenters. The van der Waals surface area contributed by atoms with Gasteiger partial charge in [-0.1, -0.05) is 18.2 Å². The Balaban J connectivity index is 2.04. The maximum absolute atomic E-state index is 4.24. The molecule has 0 bridgehead atoms. The zero-order chi connectivity index (χ0) is 16.5. The van der Waals surface area contributed by atoms with Gasteiger partial charge < -0.3 is 16.0 Å². The third kappa shape index (κ3) is 4.84. The summed E-state index contributed by atoms with van der Waals surface area (Å²) in [6.07, 6.45) is 1.04. The molecule has 124 valence electrons. The van der Waals surface area contributed by atoms with Crippen LogP contribution < -0.4 is 16.0 Å². The van der Waals surface area contributed by atoms with Crippen LogP contribution in [-0.2, 0) is 13.0 Å². The zero-order valence-corrected chi connectivity index (χ0v) is 14.7. The Morgan fingerprint density at radius 3 is 3.04 bits per heavy atom. The van der Waals surface area contributed by atoms with Crippen LogP contribution in [0.2, 0.25) is 0 Å². The normalized spacial score (nSPS) is 15.0. The SMILES string of the molecule is C=N/C(=C\SCNC(=NC)NCC)c1cccc2c1CCNC2. The van der Waals surface area contributed by atoms with Gasteiger partial charge in [-0.05, 0) is 43.1 Å². The molecule has 0 amide bonds. The van der Waals surface area contributed by atoms with Gasteiger partial charge in [-0.25, -0.2) is 0 Å². The Morgan fingerprint density at radius 1 is 1.43 bits per heavy atom. The van der Waals surface area contributed by atoms with Crippen molar-refractivity contribution in [2.45, 2.75) is 19.9 Å². The number of aliphatic imine (C=N–C) groups is 2. The van der Waals surface area contributed by atoms with E-state index in [1.165, 1.54) is 16.7 Å². The zero-order valence-electron chi connectivity index (χ0n) is 13.9. The number of fused-ring (bicyclic) bond motifs is 1. The second kappa shape index (κ2) is 9.37. The van der Waals surface area contributed by atoms with Crippen molar-refractivity contribution in [3.05, 3.63) is 40.3 Å². The van der Waals surface area contributed by atoms with E-state index in [0.717, 1.165) is 43.6 Å². The average Bonchev–Trinajstić information content (AvgIpc) is 2.60. The van der Waals surface area contributed by atoms with E-state index >= 15 is 0 Å². The maximum Gasteiger partial charge on any atom is 0.191 e. The Morgan fingerprint density at radius 2 is 2.30 bits per heavy atom. The second-order valence-corrected chi connectivity index (χ2v) is 5.98. The van der Waals surface area contributed by atoms with Gasteiger partial charge in [-0.15, -0.1) is 11.8 Å². The molecule has 1 aliphatic heterocycles. The fraction of sp³-hybridized carbons (Fsp3) is 0.412. The van der Waals surface area contributed by atoms with Crippen molar-refractivity contribution < 1.29 is 0 Å². The summed E-state index contributed by atoms with van der Waals surface area (Å²) < 4.78 is 0. The first-order valence-electron chi connectivity index (χ1n) is 7.85. The number of nitrogens with one attached hydrogen (secondary N) is 3. The van der Waals surface area contributed by atoms with E-state index in [1.54, 1.807) is 18.8 Å². The first-order chi connectivity index (χ1) is 11.3. The van der Waals surface area contributed by atoms with Gasteiger partial charge in [0.25, 0.3) is 0 Å². The minimum Gasteiger partial charge on any atom is -0.357 e. The third-order valence-electron chi connectivity index (χ3n) is 3.67. The van der Waals surface area contributed by atoms with Crippen molar-refractivity contribution in [1.29, 1.82) is 0 Å². The number of rotatable bonds is 6. The van der Waals surface area contributed by atoms with Crippen molar-refractivity contribution in [2.24, 2.45) is 9.98 Å². The summed E-state index contributed by atoms with van der Waals surface area (Å²) in [7, 11) is 1.77. The van der Waals surface area contributed by atoms with Gasteiger partial charge in [0.15, 0.2) is 5.96 Å². The third-order valence-corrected chi connectivity index (χ3v) is 4.37. The highest BCUT2D eigenvalue weighted by atomic mass is 32.2. The van der Waals surface area contributed by atoms with Gasteiger partial charge in [0, 0.05) is 25.7 Å². The Labute approximate surface area is 142 Å². The number of thioether (sulfide) groups is 1. The fourth-order valence-electron chi connectivity index (χ4n) is 2.58. The molecule has 0 saturated heterocycles. The number of guanidine groups is 1. The summed E-state index contributed by atoms with van der Waals surface area (Å²) in [4.78, 5) is 8.38. The molecule has 3 N–H and O–H groups in total. The van der Waals surface area contributed by atoms with E-state index in [-0.39, 0.29) is 0 Å². The van der Waals surface area contributed by atoms with E-state index in [4.69, 9.17) is 0 Å². The van der Waals surface area contributed by atoms with Crippen LogP contribution in [0.4, 0.5) is 0 Å². The van der Waals surface area contributed by atoms with Crippen molar-refractivity contribution in [3.63, 3.8) is 0 Å². The van der Waals surface area contributed by atoms with Crippen LogP contribution in [0.5, 0.6) is 0 Å². The molecule has 0 aliphatic carbocycles. The van der Waals surface area contributed by atoms with Crippen molar-refractivity contribution >= 4 is 30.1 Å². The summed E-state index contributed by atoms with van der Waals surface area (Å²) in [5, 5.41) is 11.9. The maximum atomic E-state index is 4.24. The van der Waals surface area contributed by atoms with E-state index in [9.17, 15) is 0 Å². The Kier molecular flexibility index (Phi) is 7.16. The van der Waals surface area contributed by atoms with E-state index in [2.05, 4.69) is 56.3 Å². The number of hydrogen-bond acceptors (Lipinski definition) is 4. The highest BCUT2D eigenvalue weighted by Crippen LogP contribution is 2.27. The smallest absolute Gasteiger partial charge is 0.191 e. The second-order valence-electron chi connectivity index (χ2n) is 5.12. The minimum absolute atomic E-state index is 0.731. The van der Waals surface area contributed by atoms with Gasteiger partial charge in [0.1, 0.15) is 0 Å². The summed E-state index contributed by atoms with van der Waals surface area (Å²) >= 11 is 1.66. The van der Waals surface area contributed by atoms with Crippen LogP contribution in [0.25, 0.3) is 5.70 Å². The summed E-state index contributed by atoms with van der Waals surface area (Å²) in [6.45, 7) is 8.59. The molecular weight excluding hydrogens is 306 g/mol. The molecule has 1 aliphatic rings. The monoisotopic (exact) mass is 331 g/mol.